The number of azo groups is 1. The van der Waals surface area contributed by atoms with Crippen molar-refractivity contribution in [3.63, 3.8) is 0 Å². The highest BCUT2D eigenvalue weighted by atomic mass is 16.5. The summed E-state index contributed by atoms with van der Waals surface area (Å²) >= 11 is 0. The van der Waals surface area contributed by atoms with E-state index in [0.29, 0.717) is 12.4 Å². The maximum absolute atomic E-state index is 5.12. The van der Waals surface area contributed by atoms with Crippen LogP contribution in [0, 0.1) is 0 Å². The first-order valence-electron chi connectivity index (χ1n) is 6.57. The lowest BCUT2D eigenvalue weighted by atomic mass is 10.2. The Kier molecular flexibility index (Phi) is 3.82. The normalized spacial score (nSPS) is 11.1. The van der Waals surface area contributed by atoms with Gasteiger partial charge in [0.1, 0.15) is 5.75 Å². The van der Waals surface area contributed by atoms with Gasteiger partial charge in [0, 0.05) is 10.8 Å². The predicted molar refractivity (Wildman–Crippen MR) is 80.8 cm³/mol. The molecule has 0 saturated carbocycles. The molecule has 0 aliphatic heterocycles. The predicted octanol–water partition coefficient (Wildman–Crippen LogP) is 3.92. The fraction of sp³-hybridized carbons (Fsp3) is 0.125. The van der Waals surface area contributed by atoms with Gasteiger partial charge >= 0.3 is 0 Å². The minimum absolute atomic E-state index is 0.495. The Labute approximate surface area is 122 Å². The average Bonchev–Trinajstić information content (AvgIpc) is 2.56. The van der Waals surface area contributed by atoms with Crippen LogP contribution in [0.1, 0.15) is 5.56 Å². The summed E-state index contributed by atoms with van der Waals surface area (Å²) in [5.41, 5.74) is 1.06. The Morgan fingerprint density at radius 1 is 1.05 bits per heavy atom. The molecule has 0 spiro atoms. The molecule has 0 N–H and O–H groups in total. The molecule has 0 unspecified atom stereocenters. The molecule has 104 valence electrons. The van der Waals surface area contributed by atoms with Crippen molar-refractivity contribution >= 4 is 16.6 Å². The Hall–Kier alpha value is -2.82. The third-order valence-corrected chi connectivity index (χ3v) is 3.13. The van der Waals surface area contributed by atoms with Gasteiger partial charge in [-0.3, -0.25) is 0 Å². The van der Waals surface area contributed by atoms with Crippen LogP contribution >= 0.6 is 0 Å². The van der Waals surface area contributed by atoms with E-state index in [-0.39, 0.29) is 0 Å². The van der Waals surface area contributed by atoms with Gasteiger partial charge in [0.25, 0.3) is 0 Å². The molecule has 1 heterocycles. The number of rotatable bonds is 4. The zero-order chi connectivity index (χ0) is 14.5. The highest BCUT2D eigenvalue weighted by Gasteiger charge is 2.01. The second-order valence-corrected chi connectivity index (χ2v) is 4.50. The van der Waals surface area contributed by atoms with Crippen molar-refractivity contribution in [3.05, 3.63) is 60.3 Å². The van der Waals surface area contributed by atoms with Crippen molar-refractivity contribution in [2.75, 3.05) is 7.11 Å². The van der Waals surface area contributed by atoms with Crippen molar-refractivity contribution in [1.29, 1.82) is 0 Å². The van der Waals surface area contributed by atoms with E-state index in [0.717, 1.165) is 22.1 Å². The monoisotopic (exact) mass is 278 g/mol. The molecular formula is C16H14N4O. The van der Waals surface area contributed by atoms with Gasteiger partial charge in [0.2, 0.25) is 5.82 Å². The van der Waals surface area contributed by atoms with Gasteiger partial charge < -0.3 is 4.74 Å². The standard InChI is InChI=1S/C16H14N4O/c1-21-14-8-6-12(7-9-14)10-17-19-16-15-5-3-2-4-13(15)11-18-20-16/h2-9,11H,10H2,1H3. The smallest absolute Gasteiger partial charge is 0.203 e. The fourth-order valence-electron chi connectivity index (χ4n) is 2.00. The van der Waals surface area contributed by atoms with Gasteiger partial charge in [-0.25, -0.2) is 0 Å². The van der Waals surface area contributed by atoms with Crippen LogP contribution in [0.4, 0.5) is 5.82 Å². The first-order chi connectivity index (χ1) is 10.4. The van der Waals surface area contributed by atoms with Crippen LogP contribution in [0.15, 0.2) is 65.0 Å². The van der Waals surface area contributed by atoms with Crippen LogP contribution in [-0.2, 0) is 6.54 Å². The average molecular weight is 278 g/mol. The molecule has 0 amide bonds. The summed E-state index contributed by atoms with van der Waals surface area (Å²) in [5.74, 6) is 1.37. The Balaban J connectivity index is 1.78. The van der Waals surface area contributed by atoms with E-state index in [1.54, 1.807) is 13.3 Å². The van der Waals surface area contributed by atoms with E-state index in [1.165, 1.54) is 0 Å². The molecule has 0 atom stereocenters. The van der Waals surface area contributed by atoms with Crippen molar-refractivity contribution in [1.82, 2.24) is 10.2 Å². The summed E-state index contributed by atoms with van der Waals surface area (Å²) in [4.78, 5) is 0. The number of nitrogens with zero attached hydrogens (tertiary/aromatic N) is 4. The Morgan fingerprint density at radius 2 is 1.86 bits per heavy atom. The molecule has 0 aliphatic carbocycles. The molecule has 3 rings (SSSR count). The Bertz CT molecular complexity index is 763. The molecule has 2 aromatic carbocycles. The van der Waals surface area contributed by atoms with Crippen LogP contribution in [0.25, 0.3) is 10.8 Å². The molecule has 0 fully saturated rings. The first kappa shape index (κ1) is 13.2. The van der Waals surface area contributed by atoms with Crippen molar-refractivity contribution < 1.29 is 4.74 Å². The van der Waals surface area contributed by atoms with Crippen molar-refractivity contribution in [2.45, 2.75) is 6.54 Å². The van der Waals surface area contributed by atoms with Crippen LogP contribution in [0.5, 0.6) is 5.75 Å². The fourth-order valence-corrected chi connectivity index (χ4v) is 2.00. The lowest BCUT2D eigenvalue weighted by molar-refractivity contribution is 0.414. The van der Waals surface area contributed by atoms with Gasteiger partial charge in [-0.1, -0.05) is 36.4 Å². The van der Waals surface area contributed by atoms with E-state index >= 15 is 0 Å². The lowest BCUT2D eigenvalue weighted by Crippen LogP contribution is -1.85. The van der Waals surface area contributed by atoms with E-state index in [9.17, 15) is 0 Å². The molecule has 0 saturated heterocycles. The molecule has 1 aromatic heterocycles. The summed E-state index contributed by atoms with van der Waals surface area (Å²) < 4.78 is 5.12. The molecule has 21 heavy (non-hydrogen) atoms. The molecule has 0 bridgehead atoms. The number of fused-ring (bicyclic) bond motifs is 1. The van der Waals surface area contributed by atoms with E-state index in [1.807, 2.05) is 48.5 Å². The van der Waals surface area contributed by atoms with Gasteiger partial charge in [0.15, 0.2) is 0 Å². The maximum Gasteiger partial charge on any atom is 0.203 e. The van der Waals surface area contributed by atoms with Gasteiger partial charge in [0.05, 0.1) is 19.9 Å². The van der Waals surface area contributed by atoms with Crippen molar-refractivity contribution in [2.24, 2.45) is 10.2 Å². The zero-order valence-corrected chi connectivity index (χ0v) is 11.6. The molecule has 3 aromatic rings. The summed E-state index contributed by atoms with van der Waals surface area (Å²) in [6.07, 6.45) is 1.72. The van der Waals surface area contributed by atoms with E-state index < -0.39 is 0 Å². The number of hydrogen-bond donors (Lipinski definition) is 0. The van der Waals surface area contributed by atoms with Gasteiger partial charge in [-0.05, 0) is 17.7 Å². The highest BCUT2D eigenvalue weighted by molar-refractivity contribution is 5.89. The number of methoxy groups -OCH3 is 1. The number of hydrogen-bond acceptors (Lipinski definition) is 5. The SMILES string of the molecule is COc1ccc(CN=Nc2nncc3ccccc23)cc1. The third-order valence-electron chi connectivity index (χ3n) is 3.13. The first-order valence-corrected chi connectivity index (χ1v) is 6.57. The topological polar surface area (TPSA) is 59.7 Å². The quantitative estimate of drug-likeness (QED) is 0.679. The largest absolute Gasteiger partial charge is 0.497 e. The lowest BCUT2D eigenvalue weighted by Gasteiger charge is -2.00. The van der Waals surface area contributed by atoms with Crippen LogP contribution in [-0.4, -0.2) is 17.3 Å². The molecule has 0 radical (unpaired) electrons. The maximum atomic E-state index is 5.12. The zero-order valence-electron chi connectivity index (χ0n) is 11.6. The van der Waals surface area contributed by atoms with Crippen molar-refractivity contribution in [3.8, 4) is 5.75 Å². The number of benzene rings is 2. The highest BCUT2D eigenvalue weighted by Crippen LogP contribution is 2.22. The number of ether oxygens (including phenoxy) is 1. The molecule has 5 heteroatoms. The second kappa shape index (κ2) is 6.09. The van der Waals surface area contributed by atoms with E-state index in [4.69, 9.17) is 4.74 Å². The van der Waals surface area contributed by atoms with Crippen LogP contribution in [0.3, 0.4) is 0 Å². The van der Waals surface area contributed by atoms with E-state index in [2.05, 4.69) is 20.4 Å². The molecular weight excluding hydrogens is 264 g/mol. The summed E-state index contributed by atoms with van der Waals surface area (Å²) in [6.45, 7) is 0.495. The second-order valence-electron chi connectivity index (χ2n) is 4.50. The minimum atomic E-state index is 0.495. The summed E-state index contributed by atoms with van der Waals surface area (Å²) in [6, 6.07) is 15.6. The Morgan fingerprint density at radius 3 is 2.67 bits per heavy atom. The number of aromatic nitrogens is 2. The third kappa shape index (κ3) is 3.02. The molecule has 5 nitrogen and oxygen atoms in total. The summed E-state index contributed by atoms with van der Waals surface area (Å²) in [7, 11) is 1.65. The van der Waals surface area contributed by atoms with Crippen LogP contribution in [0.2, 0.25) is 0 Å². The van der Waals surface area contributed by atoms with Gasteiger partial charge in [-0.15, -0.1) is 10.2 Å². The summed E-state index contributed by atoms with van der Waals surface area (Å²) in [5, 5.41) is 18.3. The van der Waals surface area contributed by atoms with Crippen LogP contribution < -0.4 is 4.74 Å². The minimum Gasteiger partial charge on any atom is -0.497 e. The van der Waals surface area contributed by atoms with Gasteiger partial charge in [-0.2, -0.15) is 10.2 Å². The molecule has 0 aliphatic rings.